The van der Waals surface area contributed by atoms with E-state index in [1.807, 2.05) is 6.07 Å². The number of nitrogens with zero attached hydrogens (tertiary/aromatic N) is 1. The van der Waals surface area contributed by atoms with Crippen molar-refractivity contribution in [2.45, 2.75) is 45.4 Å². The molecule has 0 aliphatic carbocycles. The van der Waals surface area contributed by atoms with Crippen molar-refractivity contribution in [2.75, 3.05) is 55.7 Å². The molecule has 0 aliphatic heterocycles. The van der Waals surface area contributed by atoms with Gasteiger partial charge in [-0.3, -0.25) is 0 Å². The molecule has 2 aromatic rings. The van der Waals surface area contributed by atoms with E-state index in [1.54, 1.807) is 35.5 Å². The third kappa shape index (κ3) is 6.50. The predicted octanol–water partition coefficient (Wildman–Crippen LogP) is 5.60. The van der Waals surface area contributed by atoms with Gasteiger partial charge in [0.1, 0.15) is 0 Å². The van der Waals surface area contributed by atoms with Crippen LogP contribution >= 0.6 is 0 Å². The van der Waals surface area contributed by atoms with Crippen LogP contribution in [0.3, 0.4) is 0 Å². The lowest BCUT2D eigenvalue weighted by Crippen LogP contribution is -2.31. The molecule has 0 heterocycles. The fraction of sp³-hybridized carbons (Fsp3) is 0.571. The Morgan fingerprint density at radius 2 is 1.35 bits per heavy atom. The van der Waals surface area contributed by atoms with E-state index < -0.39 is 0 Å². The summed E-state index contributed by atoms with van der Waals surface area (Å²) in [4.78, 5) is 2.40. The van der Waals surface area contributed by atoms with Gasteiger partial charge in [-0.25, -0.2) is 0 Å². The van der Waals surface area contributed by atoms with Gasteiger partial charge in [-0.2, -0.15) is 0 Å². The van der Waals surface area contributed by atoms with Crippen molar-refractivity contribution in [3.63, 3.8) is 0 Å². The SMILES string of the molecule is COc1ccc(CCN(C)CCCC(C)(c2cc(OC)c(OC)c(OC)c2)C(C)C)cc1OC. The Labute approximate surface area is 206 Å². The Bertz CT molecular complexity index is 889. The Balaban J connectivity index is 2.04. The first-order valence-electron chi connectivity index (χ1n) is 11.9. The summed E-state index contributed by atoms with van der Waals surface area (Å²) in [7, 11) is 10.5. The van der Waals surface area contributed by atoms with Crippen molar-refractivity contribution in [3.05, 3.63) is 41.5 Å². The molecule has 190 valence electrons. The van der Waals surface area contributed by atoms with E-state index in [0.717, 1.165) is 43.9 Å². The largest absolute Gasteiger partial charge is 0.493 e. The maximum Gasteiger partial charge on any atom is 0.203 e. The number of benzene rings is 2. The van der Waals surface area contributed by atoms with E-state index in [0.29, 0.717) is 23.2 Å². The smallest absolute Gasteiger partial charge is 0.203 e. The van der Waals surface area contributed by atoms with Gasteiger partial charge in [0.25, 0.3) is 0 Å². The van der Waals surface area contributed by atoms with Gasteiger partial charge in [-0.15, -0.1) is 0 Å². The van der Waals surface area contributed by atoms with Gasteiger partial charge in [0.05, 0.1) is 35.5 Å². The fourth-order valence-electron chi connectivity index (χ4n) is 4.36. The summed E-state index contributed by atoms with van der Waals surface area (Å²) in [6, 6.07) is 10.3. The molecule has 2 aromatic carbocycles. The highest BCUT2D eigenvalue weighted by Gasteiger charge is 2.32. The second kappa shape index (κ2) is 12.7. The van der Waals surface area contributed by atoms with Gasteiger partial charge in [0.2, 0.25) is 5.75 Å². The Morgan fingerprint density at radius 3 is 1.85 bits per heavy atom. The molecule has 0 fully saturated rings. The van der Waals surface area contributed by atoms with Crippen LogP contribution in [0.25, 0.3) is 0 Å². The van der Waals surface area contributed by atoms with Crippen molar-refractivity contribution < 1.29 is 23.7 Å². The van der Waals surface area contributed by atoms with Gasteiger partial charge in [0.15, 0.2) is 23.0 Å². The summed E-state index contributed by atoms with van der Waals surface area (Å²) >= 11 is 0. The Hall–Kier alpha value is -2.60. The lowest BCUT2D eigenvalue weighted by atomic mass is 9.70. The zero-order valence-corrected chi connectivity index (χ0v) is 22.5. The summed E-state index contributed by atoms with van der Waals surface area (Å²) in [5.41, 5.74) is 2.44. The highest BCUT2D eigenvalue weighted by Crippen LogP contribution is 2.45. The third-order valence-corrected chi connectivity index (χ3v) is 7.06. The van der Waals surface area contributed by atoms with Crippen LogP contribution in [0.4, 0.5) is 0 Å². The minimum absolute atomic E-state index is 0.0168. The van der Waals surface area contributed by atoms with Crippen LogP contribution < -0.4 is 23.7 Å². The molecule has 0 bridgehead atoms. The molecule has 0 N–H and O–H groups in total. The first-order valence-corrected chi connectivity index (χ1v) is 11.9. The van der Waals surface area contributed by atoms with Crippen molar-refractivity contribution in [3.8, 4) is 28.7 Å². The van der Waals surface area contributed by atoms with E-state index in [9.17, 15) is 0 Å². The molecule has 34 heavy (non-hydrogen) atoms. The fourth-order valence-corrected chi connectivity index (χ4v) is 4.36. The van der Waals surface area contributed by atoms with Crippen LogP contribution in [-0.4, -0.2) is 60.6 Å². The van der Waals surface area contributed by atoms with E-state index in [-0.39, 0.29) is 5.41 Å². The molecule has 1 atom stereocenters. The molecule has 0 radical (unpaired) electrons. The molecule has 2 rings (SSSR count). The van der Waals surface area contributed by atoms with Crippen molar-refractivity contribution >= 4 is 0 Å². The second-order valence-electron chi connectivity index (χ2n) is 9.33. The van der Waals surface area contributed by atoms with Gasteiger partial charge < -0.3 is 28.6 Å². The number of hydrogen-bond donors (Lipinski definition) is 0. The topological polar surface area (TPSA) is 49.4 Å². The lowest BCUT2D eigenvalue weighted by molar-refractivity contribution is 0.265. The molecule has 0 saturated carbocycles. The quantitative estimate of drug-likeness (QED) is 0.356. The summed E-state index contributed by atoms with van der Waals surface area (Å²) in [6.45, 7) is 8.91. The monoisotopic (exact) mass is 473 g/mol. The molecule has 0 amide bonds. The number of rotatable bonds is 14. The molecule has 0 aromatic heterocycles. The van der Waals surface area contributed by atoms with Crippen LogP contribution in [0.15, 0.2) is 30.3 Å². The average Bonchev–Trinajstić information content (AvgIpc) is 2.85. The van der Waals surface area contributed by atoms with Gasteiger partial charge in [-0.05, 0) is 79.6 Å². The molecular weight excluding hydrogens is 430 g/mol. The summed E-state index contributed by atoms with van der Waals surface area (Å²) in [6.07, 6.45) is 3.11. The zero-order chi connectivity index (χ0) is 25.3. The standard InChI is InChI=1S/C28H43NO5/c1-20(2)28(3,22-18-25(32-7)27(34-9)26(19-22)33-8)14-10-15-29(4)16-13-21-11-12-23(30-5)24(17-21)31-6/h11-12,17-20H,10,13-16H2,1-9H3. The number of methoxy groups -OCH3 is 5. The third-order valence-electron chi connectivity index (χ3n) is 7.06. The molecule has 0 saturated heterocycles. The first kappa shape index (κ1) is 27.6. The minimum Gasteiger partial charge on any atom is -0.493 e. The zero-order valence-electron chi connectivity index (χ0n) is 22.5. The molecule has 6 heteroatoms. The van der Waals surface area contributed by atoms with Crippen LogP contribution in [0.2, 0.25) is 0 Å². The molecule has 0 spiro atoms. The van der Waals surface area contributed by atoms with E-state index in [2.05, 4.69) is 57.0 Å². The highest BCUT2D eigenvalue weighted by atomic mass is 16.5. The van der Waals surface area contributed by atoms with E-state index in [4.69, 9.17) is 23.7 Å². The molecule has 1 unspecified atom stereocenters. The van der Waals surface area contributed by atoms with Gasteiger partial charge in [-0.1, -0.05) is 26.8 Å². The predicted molar refractivity (Wildman–Crippen MR) is 138 cm³/mol. The van der Waals surface area contributed by atoms with Crippen molar-refractivity contribution in [2.24, 2.45) is 5.92 Å². The van der Waals surface area contributed by atoms with Crippen LogP contribution in [0.5, 0.6) is 28.7 Å². The number of ether oxygens (including phenoxy) is 5. The van der Waals surface area contributed by atoms with E-state index >= 15 is 0 Å². The van der Waals surface area contributed by atoms with Crippen LogP contribution in [-0.2, 0) is 11.8 Å². The van der Waals surface area contributed by atoms with Gasteiger partial charge in [0, 0.05) is 6.54 Å². The number of hydrogen-bond acceptors (Lipinski definition) is 6. The van der Waals surface area contributed by atoms with E-state index in [1.165, 1.54) is 11.1 Å². The minimum atomic E-state index is -0.0168. The molecule has 6 nitrogen and oxygen atoms in total. The summed E-state index contributed by atoms with van der Waals surface area (Å²) < 4.78 is 27.5. The Kier molecular flexibility index (Phi) is 10.4. The number of likely N-dealkylation sites (N-methyl/N-ethyl adjacent to an activating group) is 1. The maximum atomic E-state index is 5.61. The average molecular weight is 474 g/mol. The highest BCUT2D eigenvalue weighted by molar-refractivity contribution is 5.55. The summed E-state index contributed by atoms with van der Waals surface area (Å²) in [5, 5.41) is 0. The lowest BCUT2D eigenvalue weighted by Gasteiger charge is -2.36. The maximum absolute atomic E-state index is 5.61. The Morgan fingerprint density at radius 1 is 0.765 bits per heavy atom. The van der Waals surface area contributed by atoms with Crippen molar-refractivity contribution in [1.29, 1.82) is 0 Å². The molecule has 0 aliphatic rings. The molecular formula is C28H43NO5. The summed E-state index contributed by atoms with van der Waals surface area (Å²) in [5.74, 6) is 4.04. The van der Waals surface area contributed by atoms with Crippen LogP contribution in [0.1, 0.15) is 44.7 Å². The normalized spacial score (nSPS) is 13.0. The van der Waals surface area contributed by atoms with Crippen molar-refractivity contribution in [1.82, 2.24) is 4.90 Å². The van der Waals surface area contributed by atoms with Crippen LogP contribution in [0, 0.1) is 5.92 Å². The first-order chi connectivity index (χ1) is 16.2. The second-order valence-corrected chi connectivity index (χ2v) is 9.33. The van der Waals surface area contributed by atoms with Gasteiger partial charge >= 0.3 is 0 Å².